The lowest BCUT2D eigenvalue weighted by atomic mass is 10.1. The first-order valence-electron chi connectivity index (χ1n) is 9.25. The number of rotatable bonds is 8. The van der Waals surface area contributed by atoms with Gasteiger partial charge in [-0.05, 0) is 60.9 Å². The Labute approximate surface area is 179 Å². The number of hydrogen-bond acceptors (Lipinski definition) is 3. The Hall–Kier alpha value is -2.90. The van der Waals surface area contributed by atoms with Crippen molar-refractivity contribution in [3.05, 3.63) is 94.8 Å². The summed E-state index contributed by atoms with van der Waals surface area (Å²) in [5, 5.41) is 2.98. The lowest BCUT2D eigenvalue weighted by Gasteiger charge is -2.11. The van der Waals surface area contributed by atoms with Gasteiger partial charge in [-0.1, -0.05) is 41.9 Å². The maximum absolute atomic E-state index is 12.9. The molecule has 0 bridgehead atoms. The molecule has 3 aromatic carbocycles. The van der Waals surface area contributed by atoms with Crippen molar-refractivity contribution in [2.45, 2.75) is 17.7 Å². The minimum atomic E-state index is -3.77. The van der Waals surface area contributed by atoms with Crippen LogP contribution >= 0.6 is 11.6 Å². The van der Waals surface area contributed by atoms with Gasteiger partial charge in [0.1, 0.15) is 5.82 Å². The van der Waals surface area contributed by atoms with Gasteiger partial charge in [0.15, 0.2) is 0 Å². The maximum atomic E-state index is 12.9. The van der Waals surface area contributed by atoms with Gasteiger partial charge in [-0.15, -0.1) is 0 Å². The molecule has 3 rings (SSSR count). The topological polar surface area (TPSA) is 75.3 Å². The van der Waals surface area contributed by atoms with E-state index in [-0.39, 0.29) is 27.0 Å². The molecule has 156 valence electrons. The Kier molecular flexibility index (Phi) is 7.07. The summed E-state index contributed by atoms with van der Waals surface area (Å²) >= 11 is 6.13. The summed E-state index contributed by atoms with van der Waals surface area (Å²) in [6.45, 7) is 0.395. The number of aryl methyl sites for hydroxylation is 1. The van der Waals surface area contributed by atoms with Crippen molar-refractivity contribution in [3.8, 4) is 0 Å². The second-order valence-electron chi connectivity index (χ2n) is 6.60. The molecule has 0 heterocycles. The first-order chi connectivity index (χ1) is 14.3. The largest absolute Gasteiger partial charge is 0.352 e. The van der Waals surface area contributed by atoms with Crippen molar-refractivity contribution in [2.75, 3.05) is 11.3 Å². The first kappa shape index (κ1) is 21.8. The van der Waals surface area contributed by atoms with Crippen molar-refractivity contribution in [1.29, 1.82) is 0 Å². The average molecular weight is 447 g/mol. The van der Waals surface area contributed by atoms with Crippen LogP contribution in [0.25, 0.3) is 0 Å². The summed E-state index contributed by atoms with van der Waals surface area (Å²) in [6, 6.07) is 18.5. The zero-order valence-electron chi connectivity index (χ0n) is 15.9. The van der Waals surface area contributed by atoms with E-state index in [1.807, 2.05) is 0 Å². The molecule has 3 aromatic rings. The molecular formula is C22H20ClFN2O3S. The van der Waals surface area contributed by atoms with E-state index >= 15 is 0 Å². The van der Waals surface area contributed by atoms with Crippen molar-refractivity contribution < 1.29 is 17.6 Å². The zero-order valence-corrected chi connectivity index (χ0v) is 17.5. The third-order valence-electron chi connectivity index (χ3n) is 4.36. The molecule has 0 aliphatic heterocycles. The molecule has 0 spiro atoms. The van der Waals surface area contributed by atoms with E-state index in [1.165, 1.54) is 42.5 Å². The number of hydrogen-bond donors (Lipinski definition) is 2. The number of nitrogens with one attached hydrogen (secondary N) is 2. The Morgan fingerprint density at radius 3 is 2.37 bits per heavy atom. The summed E-state index contributed by atoms with van der Waals surface area (Å²) in [5.74, 6) is -0.690. The van der Waals surface area contributed by atoms with Gasteiger partial charge in [0, 0.05) is 12.2 Å². The van der Waals surface area contributed by atoms with Gasteiger partial charge in [-0.25, -0.2) is 12.8 Å². The number of carbonyl (C=O) groups excluding carboxylic acids is 1. The average Bonchev–Trinajstić information content (AvgIpc) is 2.74. The van der Waals surface area contributed by atoms with Gasteiger partial charge in [0.25, 0.3) is 15.9 Å². The number of amides is 1. The Morgan fingerprint density at radius 2 is 1.67 bits per heavy atom. The molecule has 30 heavy (non-hydrogen) atoms. The van der Waals surface area contributed by atoms with E-state index < -0.39 is 15.9 Å². The highest BCUT2D eigenvalue weighted by atomic mass is 35.5. The molecular weight excluding hydrogens is 427 g/mol. The lowest BCUT2D eigenvalue weighted by Crippen LogP contribution is -2.25. The van der Waals surface area contributed by atoms with Crippen molar-refractivity contribution in [2.24, 2.45) is 0 Å². The van der Waals surface area contributed by atoms with E-state index in [2.05, 4.69) is 10.0 Å². The highest BCUT2D eigenvalue weighted by Gasteiger charge is 2.16. The minimum Gasteiger partial charge on any atom is -0.352 e. The SMILES string of the molecule is O=C(NCCCc1ccc(F)cc1)c1cc(NS(=O)(=O)c2ccccc2)ccc1Cl. The molecule has 0 aromatic heterocycles. The third kappa shape index (κ3) is 5.81. The standard InChI is InChI=1S/C22H20ClFN2O3S/c23-21-13-12-18(26-30(28,29)19-6-2-1-3-7-19)15-20(21)22(27)25-14-4-5-16-8-10-17(24)11-9-16/h1-3,6-13,15,26H,4-5,14H2,(H,25,27). The monoisotopic (exact) mass is 446 g/mol. The predicted octanol–water partition coefficient (Wildman–Crippen LogP) is 4.64. The maximum Gasteiger partial charge on any atom is 0.261 e. The lowest BCUT2D eigenvalue weighted by molar-refractivity contribution is 0.0953. The van der Waals surface area contributed by atoms with E-state index in [1.54, 1.807) is 30.3 Å². The Bertz CT molecular complexity index is 1120. The quantitative estimate of drug-likeness (QED) is 0.495. The molecule has 5 nitrogen and oxygen atoms in total. The van der Waals surface area contributed by atoms with Crippen LogP contribution in [-0.4, -0.2) is 20.9 Å². The number of benzene rings is 3. The molecule has 0 aliphatic rings. The number of anilines is 1. The van der Waals surface area contributed by atoms with E-state index in [9.17, 15) is 17.6 Å². The summed E-state index contributed by atoms with van der Waals surface area (Å²) in [7, 11) is -3.77. The molecule has 0 unspecified atom stereocenters. The van der Waals surface area contributed by atoms with Gasteiger partial charge >= 0.3 is 0 Å². The van der Waals surface area contributed by atoms with Gasteiger partial charge in [0.2, 0.25) is 0 Å². The molecule has 0 fully saturated rings. The van der Waals surface area contributed by atoms with Gasteiger partial charge in [0.05, 0.1) is 15.5 Å². The van der Waals surface area contributed by atoms with Crippen LogP contribution in [0.3, 0.4) is 0 Å². The van der Waals surface area contributed by atoms with Crippen LogP contribution in [0, 0.1) is 5.82 Å². The highest BCUT2D eigenvalue weighted by molar-refractivity contribution is 7.92. The van der Waals surface area contributed by atoms with Crippen LogP contribution < -0.4 is 10.0 Å². The molecule has 8 heteroatoms. The fourth-order valence-corrected chi connectivity index (χ4v) is 4.09. The molecule has 1 amide bonds. The van der Waals surface area contributed by atoms with Gasteiger partial charge in [-0.2, -0.15) is 0 Å². The molecule has 0 saturated heterocycles. The predicted molar refractivity (Wildman–Crippen MR) is 116 cm³/mol. The summed E-state index contributed by atoms with van der Waals surface area (Å²) in [6.07, 6.45) is 1.35. The first-order valence-corrected chi connectivity index (χ1v) is 11.1. The van der Waals surface area contributed by atoms with E-state index in [4.69, 9.17) is 11.6 Å². The summed E-state index contributed by atoms with van der Waals surface area (Å²) in [5.41, 5.74) is 1.38. The van der Waals surface area contributed by atoms with E-state index in [0.29, 0.717) is 19.4 Å². The third-order valence-corrected chi connectivity index (χ3v) is 6.08. The smallest absolute Gasteiger partial charge is 0.261 e. The van der Waals surface area contributed by atoms with Crippen LogP contribution in [0.15, 0.2) is 77.7 Å². The molecule has 0 aliphatic carbocycles. The van der Waals surface area contributed by atoms with Crippen LogP contribution in [0.2, 0.25) is 5.02 Å². The van der Waals surface area contributed by atoms with E-state index in [0.717, 1.165) is 5.56 Å². The summed E-state index contributed by atoms with van der Waals surface area (Å²) < 4.78 is 40.3. The number of carbonyl (C=O) groups is 1. The van der Waals surface area contributed by atoms with Crippen molar-refractivity contribution >= 4 is 33.2 Å². The van der Waals surface area contributed by atoms with Crippen LogP contribution in [0.4, 0.5) is 10.1 Å². The second kappa shape index (κ2) is 9.73. The van der Waals surface area contributed by atoms with Crippen molar-refractivity contribution in [3.63, 3.8) is 0 Å². The molecule has 0 radical (unpaired) electrons. The fourth-order valence-electron chi connectivity index (χ4n) is 2.82. The highest BCUT2D eigenvalue weighted by Crippen LogP contribution is 2.23. The normalized spacial score (nSPS) is 11.1. The van der Waals surface area contributed by atoms with Gasteiger partial charge < -0.3 is 5.32 Å². The second-order valence-corrected chi connectivity index (χ2v) is 8.69. The van der Waals surface area contributed by atoms with Crippen LogP contribution in [-0.2, 0) is 16.4 Å². The minimum absolute atomic E-state index is 0.117. The zero-order chi connectivity index (χ0) is 21.6. The molecule has 2 N–H and O–H groups in total. The van der Waals surface area contributed by atoms with Crippen molar-refractivity contribution in [1.82, 2.24) is 5.32 Å². The molecule has 0 saturated carbocycles. The Morgan fingerprint density at radius 1 is 0.967 bits per heavy atom. The van der Waals surface area contributed by atoms with Gasteiger partial charge in [-0.3, -0.25) is 9.52 Å². The fraction of sp³-hybridized carbons (Fsp3) is 0.136. The molecule has 0 atom stereocenters. The number of sulfonamides is 1. The Balaban J connectivity index is 1.61. The summed E-state index contributed by atoms with van der Waals surface area (Å²) in [4.78, 5) is 12.6. The number of halogens is 2. The van der Waals surface area contributed by atoms with Crippen LogP contribution in [0.5, 0.6) is 0 Å². The van der Waals surface area contributed by atoms with Crippen LogP contribution in [0.1, 0.15) is 22.3 Å².